The van der Waals surface area contributed by atoms with Crippen LogP contribution in [-0.4, -0.2) is 22.8 Å². The lowest BCUT2D eigenvalue weighted by Gasteiger charge is -2.16. The van der Waals surface area contributed by atoms with Gasteiger partial charge in [0.1, 0.15) is 5.69 Å². The average Bonchev–Trinajstić information content (AvgIpc) is 2.85. The van der Waals surface area contributed by atoms with Crippen LogP contribution in [0.15, 0.2) is 36.5 Å². The Kier molecular flexibility index (Phi) is 3.90. The Hall–Kier alpha value is -2.23. The molecule has 3 N–H and O–H groups in total. The lowest BCUT2D eigenvalue weighted by Crippen LogP contribution is -2.26. The summed E-state index contributed by atoms with van der Waals surface area (Å²) in [5.41, 5.74) is 9.11. The molecule has 0 fully saturated rings. The summed E-state index contributed by atoms with van der Waals surface area (Å²) in [4.78, 5) is 16.7. The molecule has 0 saturated carbocycles. The van der Waals surface area contributed by atoms with Gasteiger partial charge in [-0.05, 0) is 23.6 Å². The molecule has 4 heteroatoms. The van der Waals surface area contributed by atoms with Crippen molar-refractivity contribution < 1.29 is 4.79 Å². The molecule has 0 unspecified atom stereocenters. The summed E-state index contributed by atoms with van der Waals surface area (Å²) >= 11 is 0. The van der Waals surface area contributed by atoms with E-state index in [1.165, 1.54) is 5.56 Å². The number of hydrogen-bond acceptors (Lipinski definition) is 2. The quantitative estimate of drug-likeness (QED) is 0.883. The maximum absolute atomic E-state index is 12.1. The van der Waals surface area contributed by atoms with Gasteiger partial charge in [0.15, 0.2) is 0 Å². The minimum Gasteiger partial charge on any atom is -0.397 e. The largest absolute Gasteiger partial charge is 0.397 e. The van der Waals surface area contributed by atoms with E-state index in [1.807, 2.05) is 0 Å². The maximum Gasteiger partial charge on any atom is 0.270 e. The highest BCUT2D eigenvalue weighted by molar-refractivity contribution is 5.93. The summed E-state index contributed by atoms with van der Waals surface area (Å²) in [5, 5.41) is 0. The molecule has 0 aliphatic heterocycles. The fourth-order valence-electron chi connectivity index (χ4n) is 1.97. The topological polar surface area (TPSA) is 62.1 Å². The number of carbonyl (C=O) groups is 1. The highest BCUT2D eigenvalue weighted by Gasteiger charge is 2.13. The van der Waals surface area contributed by atoms with E-state index in [1.54, 1.807) is 24.2 Å². The van der Waals surface area contributed by atoms with Crippen molar-refractivity contribution in [3.8, 4) is 0 Å². The van der Waals surface area contributed by atoms with Crippen molar-refractivity contribution in [2.24, 2.45) is 0 Å². The molecular weight excluding hydrogens is 238 g/mol. The average molecular weight is 257 g/mol. The van der Waals surface area contributed by atoms with Crippen LogP contribution in [0.3, 0.4) is 0 Å². The Morgan fingerprint density at radius 1 is 1.26 bits per heavy atom. The van der Waals surface area contributed by atoms with E-state index in [0.29, 0.717) is 17.9 Å². The van der Waals surface area contributed by atoms with Crippen LogP contribution in [0.4, 0.5) is 5.69 Å². The molecule has 19 heavy (non-hydrogen) atoms. The first-order valence-corrected chi connectivity index (χ1v) is 6.37. The van der Waals surface area contributed by atoms with E-state index >= 15 is 0 Å². The highest BCUT2D eigenvalue weighted by atomic mass is 16.2. The number of anilines is 1. The third-order valence-corrected chi connectivity index (χ3v) is 3.13. The van der Waals surface area contributed by atoms with Gasteiger partial charge in [-0.25, -0.2) is 0 Å². The summed E-state index contributed by atoms with van der Waals surface area (Å²) in [5.74, 6) is -0.0590. The lowest BCUT2D eigenvalue weighted by atomic mass is 10.1. The molecule has 2 aromatic rings. The van der Waals surface area contributed by atoms with Crippen LogP contribution in [0, 0.1) is 0 Å². The number of benzene rings is 1. The van der Waals surface area contributed by atoms with Crippen molar-refractivity contribution in [2.45, 2.75) is 19.9 Å². The van der Waals surface area contributed by atoms with Crippen molar-refractivity contribution in [1.29, 1.82) is 0 Å². The van der Waals surface area contributed by atoms with Gasteiger partial charge in [-0.2, -0.15) is 0 Å². The molecule has 0 radical (unpaired) electrons. The molecule has 0 aliphatic carbocycles. The molecule has 0 saturated heterocycles. The number of aromatic amines is 1. The third kappa shape index (κ3) is 3.16. The van der Waals surface area contributed by atoms with Crippen LogP contribution in [0.5, 0.6) is 0 Å². The van der Waals surface area contributed by atoms with E-state index in [9.17, 15) is 4.79 Å². The standard InChI is InChI=1S/C15H19N3O/c1-3-11-4-6-12(7-5-11)10-18(2)15(19)14-8-13(16)9-17-14/h4-9,17H,3,10,16H2,1-2H3. The number of nitrogens with one attached hydrogen (secondary N) is 1. The molecule has 0 spiro atoms. The van der Waals surface area contributed by atoms with Crippen LogP contribution >= 0.6 is 0 Å². The van der Waals surface area contributed by atoms with E-state index in [2.05, 4.69) is 36.2 Å². The van der Waals surface area contributed by atoms with Gasteiger partial charge in [-0.15, -0.1) is 0 Å². The predicted octanol–water partition coefficient (Wildman–Crippen LogP) is 2.43. The summed E-state index contributed by atoms with van der Waals surface area (Å²) in [6.45, 7) is 2.71. The maximum atomic E-state index is 12.1. The normalized spacial score (nSPS) is 10.4. The fourth-order valence-corrected chi connectivity index (χ4v) is 1.97. The van der Waals surface area contributed by atoms with Gasteiger partial charge >= 0.3 is 0 Å². The van der Waals surface area contributed by atoms with Crippen LogP contribution in [-0.2, 0) is 13.0 Å². The van der Waals surface area contributed by atoms with Crippen molar-refractivity contribution in [1.82, 2.24) is 9.88 Å². The monoisotopic (exact) mass is 257 g/mol. The van der Waals surface area contributed by atoms with Gasteiger partial charge in [0.2, 0.25) is 0 Å². The van der Waals surface area contributed by atoms with Gasteiger partial charge in [0.05, 0.1) is 0 Å². The zero-order valence-electron chi connectivity index (χ0n) is 11.3. The second-order valence-corrected chi connectivity index (χ2v) is 4.68. The summed E-state index contributed by atoms with van der Waals surface area (Å²) < 4.78 is 0. The smallest absolute Gasteiger partial charge is 0.270 e. The van der Waals surface area contributed by atoms with Crippen molar-refractivity contribution in [3.05, 3.63) is 53.3 Å². The molecule has 0 aliphatic rings. The Balaban J connectivity index is 2.03. The Morgan fingerprint density at radius 3 is 2.42 bits per heavy atom. The SMILES string of the molecule is CCc1ccc(CN(C)C(=O)c2cc(N)c[nH]2)cc1. The zero-order valence-corrected chi connectivity index (χ0v) is 11.3. The molecule has 0 bridgehead atoms. The van der Waals surface area contributed by atoms with Crippen molar-refractivity contribution >= 4 is 11.6 Å². The van der Waals surface area contributed by atoms with Crippen molar-refractivity contribution in [3.63, 3.8) is 0 Å². The van der Waals surface area contributed by atoms with Crippen LogP contribution < -0.4 is 5.73 Å². The number of nitrogens with two attached hydrogens (primary N) is 1. The first-order chi connectivity index (χ1) is 9.10. The Bertz CT molecular complexity index is 557. The van der Waals surface area contributed by atoms with Gasteiger partial charge in [-0.1, -0.05) is 31.2 Å². The van der Waals surface area contributed by atoms with Gasteiger partial charge in [0, 0.05) is 25.5 Å². The van der Waals surface area contributed by atoms with Crippen molar-refractivity contribution in [2.75, 3.05) is 12.8 Å². The number of carbonyl (C=O) groups excluding carboxylic acids is 1. The second kappa shape index (κ2) is 5.61. The molecule has 4 nitrogen and oxygen atoms in total. The van der Waals surface area contributed by atoms with Gasteiger partial charge in [-0.3, -0.25) is 4.79 Å². The number of hydrogen-bond donors (Lipinski definition) is 2. The number of amides is 1. The molecule has 1 aromatic carbocycles. The fraction of sp³-hybridized carbons (Fsp3) is 0.267. The van der Waals surface area contributed by atoms with E-state index < -0.39 is 0 Å². The molecule has 1 heterocycles. The summed E-state index contributed by atoms with van der Waals surface area (Å²) in [6, 6.07) is 9.97. The second-order valence-electron chi connectivity index (χ2n) is 4.68. The minimum absolute atomic E-state index is 0.0590. The predicted molar refractivity (Wildman–Crippen MR) is 76.8 cm³/mol. The van der Waals surface area contributed by atoms with Crippen LogP contribution in [0.1, 0.15) is 28.5 Å². The molecular formula is C15H19N3O. The number of aromatic nitrogens is 1. The van der Waals surface area contributed by atoms with E-state index in [0.717, 1.165) is 12.0 Å². The minimum atomic E-state index is -0.0590. The van der Waals surface area contributed by atoms with E-state index in [4.69, 9.17) is 5.73 Å². The van der Waals surface area contributed by atoms with Gasteiger partial charge in [0.25, 0.3) is 5.91 Å². The zero-order chi connectivity index (χ0) is 13.8. The summed E-state index contributed by atoms with van der Waals surface area (Å²) in [6.07, 6.45) is 2.65. The van der Waals surface area contributed by atoms with Crippen LogP contribution in [0.25, 0.3) is 0 Å². The lowest BCUT2D eigenvalue weighted by molar-refractivity contribution is 0.0780. The Morgan fingerprint density at radius 2 is 1.89 bits per heavy atom. The molecule has 100 valence electrons. The first kappa shape index (κ1) is 13.2. The Labute approximate surface area is 113 Å². The highest BCUT2D eigenvalue weighted by Crippen LogP contribution is 2.11. The number of nitrogen functional groups attached to an aromatic ring is 1. The van der Waals surface area contributed by atoms with Gasteiger partial charge < -0.3 is 15.6 Å². The molecule has 1 amide bonds. The molecule has 0 atom stereocenters. The first-order valence-electron chi connectivity index (χ1n) is 6.37. The third-order valence-electron chi connectivity index (χ3n) is 3.13. The number of nitrogens with zero attached hydrogens (tertiary/aromatic N) is 1. The number of aryl methyl sites for hydroxylation is 1. The number of H-pyrrole nitrogens is 1. The van der Waals surface area contributed by atoms with Crippen LogP contribution in [0.2, 0.25) is 0 Å². The molecule has 1 aromatic heterocycles. The molecule has 2 rings (SSSR count). The van der Waals surface area contributed by atoms with E-state index in [-0.39, 0.29) is 5.91 Å². The number of rotatable bonds is 4. The summed E-state index contributed by atoms with van der Waals surface area (Å²) in [7, 11) is 1.78.